The number of aromatic hydroxyl groups is 1. The molecule has 3 N–H and O–H groups in total. The molecule has 7 nitrogen and oxygen atoms in total. The third kappa shape index (κ3) is 4.09. The number of likely N-dealkylation sites (N-methyl/N-ethyl adjacent to an activating group) is 1. The van der Waals surface area contributed by atoms with Crippen molar-refractivity contribution in [1.29, 1.82) is 5.41 Å². The smallest absolute Gasteiger partial charge is 0.235 e. The van der Waals surface area contributed by atoms with Gasteiger partial charge in [-0.05, 0) is 55.6 Å². The number of carbonyl (C=O) groups excluding carboxylic acids is 2. The first-order chi connectivity index (χ1) is 12.9. The van der Waals surface area contributed by atoms with Crippen LogP contribution in [0.15, 0.2) is 30.3 Å². The monoisotopic (exact) mass is 369 g/mol. The van der Waals surface area contributed by atoms with Crippen LogP contribution in [0, 0.1) is 11.3 Å². The summed E-state index contributed by atoms with van der Waals surface area (Å²) >= 11 is 0. The molecule has 2 aromatic carbocycles. The van der Waals surface area contributed by atoms with Gasteiger partial charge in [-0.3, -0.25) is 14.9 Å². The molecule has 1 fully saturated rings. The summed E-state index contributed by atoms with van der Waals surface area (Å²) in [5, 5.41) is 22.6. The lowest BCUT2D eigenvalue weighted by Gasteiger charge is -2.23. The van der Waals surface area contributed by atoms with E-state index >= 15 is 0 Å². The summed E-state index contributed by atoms with van der Waals surface area (Å²) in [6, 6.07) is 8.70. The zero-order valence-corrected chi connectivity index (χ0v) is 15.4. The van der Waals surface area contributed by atoms with Gasteiger partial charge in [0.05, 0.1) is 11.6 Å². The third-order valence-electron chi connectivity index (χ3n) is 4.63. The maximum Gasteiger partial charge on any atom is 0.235 e. The first-order valence-corrected chi connectivity index (χ1v) is 8.82. The van der Waals surface area contributed by atoms with Gasteiger partial charge in [0.25, 0.3) is 0 Å². The van der Waals surface area contributed by atoms with E-state index in [4.69, 9.17) is 10.1 Å². The van der Waals surface area contributed by atoms with Crippen molar-refractivity contribution in [3.05, 3.63) is 35.9 Å². The second-order valence-electron chi connectivity index (χ2n) is 6.91. The Morgan fingerprint density at radius 2 is 2.07 bits per heavy atom. The molecule has 1 unspecified atom stereocenters. The lowest BCUT2D eigenvalue weighted by Crippen LogP contribution is -2.43. The van der Waals surface area contributed by atoms with Crippen LogP contribution in [0.3, 0.4) is 0 Å². The van der Waals surface area contributed by atoms with E-state index in [0.29, 0.717) is 23.3 Å². The van der Waals surface area contributed by atoms with Crippen LogP contribution in [0.25, 0.3) is 10.8 Å². The summed E-state index contributed by atoms with van der Waals surface area (Å²) in [5.74, 6) is -0.927. The van der Waals surface area contributed by atoms with Crippen LogP contribution in [0.4, 0.5) is 0 Å². The van der Waals surface area contributed by atoms with Crippen molar-refractivity contribution in [3.8, 4) is 11.5 Å². The standard InChI is InChI=1S/C20H23N3O4/c1-23(2)9-10-27-13-4-5-14-12(11-13)3-7-16(24)18(14)19(21)15-6-8-17(25)22-20(15)26/h3-5,7,11,15,21,24H,6,8-10H2,1-2H3,(H,22,25,26). The van der Waals surface area contributed by atoms with Gasteiger partial charge in [0.2, 0.25) is 11.8 Å². The molecule has 142 valence electrons. The molecule has 0 aliphatic carbocycles. The lowest BCUT2D eigenvalue weighted by atomic mass is 9.86. The van der Waals surface area contributed by atoms with Crippen LogP contribution in [0.1, 0.15) is 18.4 Å². The number of carbonyl (C=O) groups is 2. The Morgan fingerprint density at radius 3 is 2.78 bits per heavy atom. The summed E-state index contributed by atoms with van der Waals surface area (Å²) in [4.78, 5) is 25.5. The number of piperidine rings is 1. The van der Waals surface area contributed by atoms with Crippen LogP contribution in [0.5, 0.6) is 11.5 Å². The molecule has 0 spiro atoms. The molecule has 1 aliphatic rings. The minimum Gasteiger partial charge on any atom is -0.507 e. The number of ether oxygens (including phenoxy) is 1. The maximum atomic E-state index is 12.1. The maximum absolute atomic E-state index is 12.1. The number of hydrogen-bond donors (Lipinski definition) is 3. The van der Waals surface area contributed by atoms with Crippen molar-refractivity contribution in [2.45, 2.75) is 12.8 Å². The number of imide groups is 1. The Bertz CT molecular complexity index is 907. The largest absolute Gasteiger partial charge is 0.507 e. The summed E-state index contributed by atoms with van der Waals surface area (Å²) in [7, 11) is 3.94. The second kappa shape index (κ2) is 7.75. The van der Waals surface area contributed by atoms with Crippen molar-refractivity contribution in [2.24, 2.45) is 5.92 Å². The molecule has 2 amide bonds. The van der Waals surface area contributed by atoms with Gasteiger partial charge in [0.15, 0.2) is 0 Å². The molecule has 2 aromatic rings. The summed E-state index contributed by atoms with van der Waals surface area (Å²) in [6.07, 6.45) is 0.458. The molecule has 1 saturated heterocycles. The highest BCUT2D eigenvalue weighted by atomic mass is 16.5. The number of nitrogens with zero attached hydrogens (tertiary/aromatic N) is 1. The fourth-order valence-corrected chi connectivity index (χ4v) is 3.16. The van der Waals surface area contributed by atoms with Crippen molar-refractivity contribution >= 4 is 28.3 Å². The fourth-order valence-electron chi connectivity index (χ4n) is 3.16. The number of phenols is 1. The highest BCUT2D eigenvalue weighted by Crippen LogP contribution is 2.33. The average molecular weight is 369 g/mol. The number of phenolic OH excluding ortho intramolecular Hbond substituents is 1. The number of nitrogens with one attached hydrogen (secondary N) is 2. The minimum absolute atomic E-state index is 0.0179. The number of fused-ring (bicyclic) bond motifs is 1. The van der Waals surface area contributed by atoms with E-state index in [9.17, 15) is 14.7 Å². The van der Waals surface area contributed by atoms with Gasteiger partial charge in [-0.25, -0.2) is 0 Å². The number of rotatable bonds is 6. The lowest BCUT2D eigenvalue weighted by molar-refractivity contribution is -0.134. The van der Waals surface area contributed by atoms with Crippen LogP contribution in [0.2, 0.25) is 0 Å². The Morgan fingerprint density at radius 1 is 1.30 bits per heavy atom. The van der Waals surface area contributed by atoms with E-state index in [2.05, 4.69) is 5.32 Å². The molecule has 1 heterocycles. The topological polar surface area (TPSA) is 103 Å². The molecule has 0 saturated carbocycles. The minimum atomic E-state index is -0.754. The van der Waals surface area contributed by atoms with Crippen molar-refractivity contribution < 1.29 is 19.4 Å². The molecule has 1 atom stereocenters. The van der Waals surface area contributed by atoms with Gasteiger partial charge >= 0.3 is 0 Å². The second-order valence-corrected chi connectivity index (χ2v) is 6.91. The predicted octanol–water partition coefficient (Wildman–Crippen LogP) is 1.91. The van der Waals surface area contributed by atoms with E-state index in [1.807, 2.05) is 25.1 Å². The highest BCUT2D eigenvalue weighted by Gasteiger charge is 2.32. The van der Waals surface area contributed by atoms with Gasteiger partial charge in [0, 0.05) is 18.5 Å². The number of hydrogen-bond acceptors (Lipinski definition) is 6. The normalized spacial score (nSPS) is 17.2. The summed E-state index contributed by atoms with van der Waals surface area (Å²) in [6.45, 7) is 1.34. The van der Waals surface area contributed by atoms with Gasteiger partial charge in [-0.2, -0.15) is 0 Å². The number of benzene rings is 2. The van der Waals surface area contributed by atoms with Crippen LogP contribution < -0.4 is 10.1 Å². The van der Waals surface area contributed by atoms with E-state index in [0.717, 1.165) is 11.9 Å². The van der Waals surface area contributed by atoms with Crippen LogP contribution >= 0.6 is 0 Å². The molecule has 0 radical (unpaired) electrons. The molecule has 27 heavy (non-hydrogen) atoms. The SMILES string of the molecule is CN(C)CCOc1ccc2c(C(=N)C3CCC(=O)NC3=O)c(O)ccc2c1. The van der Waals surface area contributed by atoms with Gasteiger partial charge in [-0.1, -0.05) is 6.07 Å². The molecular formula is C20H23N3O4. The zero-order chi connectivity index (χ0) is 19.6. The van der Waals surface area contributed by atoms with Crippen molar-refractivity contribution in [3.63, 3.8) is 0 Å². The summed E-state index contributed by atoms with van der Waals surface area (Å²) < 4.78 is 5.74. The third-order valence-corrected chi connectivity index (χ3v) is 4.63. The predicted molar refractivity (Wildman–Crippen MR) is 102 cm³/mol. The first kappa shape index (κ1) is 18.8. The Hall–Kier alpha value is -2.93. The Kier molecular flexibility index (Phi) is 5.41. The molecule has 3 rings (SSSR count). The average Bonchev–Trinajstić information content (AvgIpc) is 2.61. The van der Waals surface area contributed by atoms with Gasteiger partial charge < -0.3 is 20.2 Å². The van der Waals surface area contributed by atoms with Crippen molar-refractivity contribution in [1.82, 2.24) is 10.2 Å². The quantitative estimate of drug-likeness (QED) is 0.533. The number of amides is 2. The van der Waals surface area contributed by atoms with E-state index in [-0.39, 0.29) is 30.2 Å². The van der Waals surface area contributed by atoms with Crippen molar-refractivity contribution in [2.75, 3.05) is 27.2 Å². The van der Waals surface area contributed by atoms with Crippen LogP contribution in [-0.4, -0.2) is 54.8 Å². The van der Waals surface area contributed by atoms with Crippen LogP contribution in [-0.2, 0) is 9.59 Å². The van der Waals surface area contributed by atoms with E-state index in [1.165, 1.54) is 6.07 Å². The Labute approximate surface area is 157 Å². The molecule has 1 aliphatic heterocycles. The zero-order valence-electron chi connectivity index (χ0n) is 15.4. The molecule has 0 bridgehead atoms. The molecule has 7 heteroatoms. The molecule has 0 aromatic heterocycles. The highest BCUT2D eigenvalue weighted by molar-refractivity contribution is 6.21. The van der Waals surface area contributed by atoms with E-state index in [1.54, 1.807) is 18.2 Å². The van der Waals surface area contributed by atoms with E-state index < -0.39 is 11.8 Å². The summed E-state index contributed by atoms with van der Waals surface area (Å²) in [5.41, 5.74) is 0.339. The first-order valence-electron chi connectivity index (χ1n) is 8.82. The van der Waals surface area contributed by atoms with Gasteiger partial charge in [0.1, 0.15) is 18.1 Å². The van der Waals surface area contributed by atoms with Gasteiger partial charge in [-0.15, -0.1) is 0 Å². The molecular weight excluding hydrogens is 346 g/mol. The fraction of sp³-hybridized carbons (Fsp3) is 0.350. The Balaban J connectivity index is 1.90.